The third-order valence-corrected chi connectivity index (χ3v) is 5.10. The molecule has 0 bridgehead atoms. The Morgan fingerprint density at radius 1 is 1.29 bits per heavy atom. The number of piperidine rings is 1. The molecule has 0 radical (unpaired) electrons. The van der Waals surface area contributed by atoms with Crippen LogP contribution in [0, 0.1) is 11.6 Å². The van der Waals surface area contributed by atoms with E-state index in [1.54, 1.807) is 6.07 Å². The zero-order chi connectivity index (χ0) is 17.3. The van der Waals surface area contributed by atoms with Crippen molar-refractivity contribution in [3.05, 3.63) is 35.4 Å². The molecule has 1 amide bonds. The molecule has 3 N–H and O–H groups in total. The largest absolute Gasteiger partial charge is 0.392 e. The van der Waals surface area contributed by atoms with Crippen molar-refractivity contribution in [1.82, 2.24) is 9.80 Å². The number of aliphatic hydroxyl groups is 1. The average Bonchev–Trinajstić information content (AvgIpc) is 2.95. The molecule has 0 saturated carbocycles. The van der Waals surface area contributed by atoms with Gasteiger partial charge in [0.2, 0.25) is 5.91 Å². The van der Waals surface area contributed by atoms with Gasteiger partial charge in [-0.3, -0.25) is 14.6 Å². The van der Waals surface area contributed by atoms with E-state index in [4.69, 9.17) is 5.73 Å². The molecule has 3 rings (SSSR count). The minimum Gasteiger partial charge on any atom is -0.392 e. The van der Waals surface area contributed by atoms with Gasteiger partial charge in [0.25, 0.3) is 0 Å². The molecule has 2 aliphatic heterocycles. The lowest BCUT2D eigenvalue weighted by Gasteiger charge is -2.38. The molecule has 2 fully saturated rings. The number of rotatable bonds is 4. The van der Waals surface area contributed by atoms with Gasteiger partial charge in [-0.1, -0.05) is 12.1 Å². The zero-order valence-electron chi connectivity index (χ0n) is 13.5. The van der Waals surface area contributed by atoms with Crippen molar-refractivity contribution in [2.45, 2.75) is 44.0 Å². The summed E-state index contributed by atoms with van der Waals surface area (Å²) in [5.74, 6) is -2.00. The topological polar surface area (TPSA) is 69.8 Å². The number of hydrogen-bond acceptors (Lipinski definition) is 4. The third-order valence-electron chi connectivity index (χ3n) is 5.10. The Hall–Kier alpha value is -1.57. The van der Waals surface area contributed by atoms with E-state index in [9.17, 15) is 18.7 Å². The van der Waals surface area contributed by atoms with Crippen LogP contribution in [0.2, 0.25) is 0 Å². The fourth-order valence-electron chi connectivity index (χ4n) is 3.84. The highest BCUT2D eigenvalue weighted by atomic mass is 19.2. The third kappa shape index (κ3) is 3.58. The average molecular weight is 339 g/mol. The van der Waals surface area contributed by atoms with Crippen LogP contribution < -0.4 is 5.73 Å². The number of nitrogens with zero attached hydrogens (tertiary/aromatic N) is 2. The summed E-state index contributed by atoms with van der Waals surface area (Å²) in [6.45, 7) is 2.31. The van der Waals surface area contributed by atoms with Crippen LogP contribution in [0.1, 0.15) is 24.8 Å². The Bertz CT molecular complexity index is 605. The number of amides is 1. The number of benzene rings is 1. The van der Waals surface area contributed by atoms with Crippen LogP contribution in [0.3, 0.4) is 0 Å². The minimum atomic E-state index is -0.822. The number of nitrogens with two attached hydrogens (primary N) is 1. The van der Waals surface area contributed by atoms with Gasteiger partial charge in [-0.15, -0.1) is 0 Å². The maximum Gasteiger partial charge on any atom is 0.234 e. The summed E-state index contributed by atoms with van der Waals surface area (Å²) in [6.07, 6.45) is 1.51. The van der Waals surface area contributed by atoms with Crippen molar-refractivity contribution in [3.8, 4) is 0 Å². The number of aliphatic hydroxyl groups excluding tert-OH is 1. The van der Waals surface area contributed by atoms with Gasteiger partial charge < -0.3 is 10.8 Å². The van der Waals surface area contributed by atoms with Gasteiger partial charge in [0.1, 0.15) is 0 Å². The highest BCUT2D eigenvalue weighted by molar-refractivity contribution is 5.80. The van der Waals surface area contributed by atoms with Gasteiger partial charge in [-0.25, -0.2) is 8.78 Å². The predicted octanol–water partition coefficient (Wildman–Crippen LogP) is 0.850. The van der Waals surface area contributed by atoms with Crippen molar-refractivity contribution in [3.63, 3.8) is 0 Å². The summed E-state index contributed by atoms with van der Waals surface area (Å²) in [6, 6.07) is 4.02. The van der Waals surface area contributed by atoms with Crippen LogP contribution in [-0.2, 0) is 11.3 Å². The van der Waals surface area contributed by atoms with E-state index < -0.39 is 29.7 Å². The van der Waals surface area contributed by atoms with Gasteiger partial charge in [-0.05, 0) is 38.4 Å². The zero-order valence-corrected chi connectivity index (χ0v) is 13.5. The summed E-state index contributed by atoms with van der Waals surface area (Å²) in [7, 11) is 0. The van der Waals surface area contributed by atoms with Gasteiger partial charge in [0.05, 0.1) is 12.1 Å². The molecule has 24 heavy (non-hydrogen) atoms. The molecule has 1 aromatic rings. The quantitative estimate of drug-likeness (QED) is 0.853. The number of β-amino-alcohol motifs (C(OH)–C–C–N with tert-alkyl or cyclic N) is 1. The molecular weight excluding hydrogens is 316 g/mol. The van der Waals surface area contributed by atoms with Crippen LogP contribution in [0.5, 0.6) is 0 Å². The van der Waals surface area contributed by atoms with Crippen LogP contribution in [0.15, 0.2) is 18.2 Å². The van der Waals surface area contributed by atoms with Crippen LogP contribution in [-0.4, -0.2) is 58.6 Å². The van der Waals surface area contributed by atoms with E-state index in [1.165, 1.54) is 6.07 Å². The van der Waals surface area contributed by atoms with E-state index in [0.29, 0.717) is 25.1 Å². The molecule has 5 nitrogen and oxygen atoms in total. The van der Waals surface area contributed by atoms with Gasteiger partial charge >= 0.3 is 0 Å². The molecule has 132 valence electrons. The number of primary amides is 1. The molecular formula is C17H23F2N3O2. The maximum absolute atomic E-state index is 13.8. The summed E-state index contributed by atoms with van der Waals surface area (Å²) in [5, 5.41) is 9.82. The van der Waals surface area contributed by atoms with Gasteiger partial charge in [-0.2, -0.15) is 0 Å². The van der Waals surface area contributed by atoms with E-state index in [2.05, 4.69) is 4.90 Å². The SMILES string of the molecule is NC(=O)[C@@H]1C[C@@H](O)CN1C1CCN(Cc2cccc(F)c2F)CC1. The lowest BCUT2D eigenvalue weighted by atomic mass is 10.0. The van der Waals surface area contributed by atoms with E-state index in [1.807, 2.05) is 4.90 Å². The molecule has 2 saturated heterocycles. The monoisotopic (exact) mass is 339 g/mol. The molecule has 0 spiro atoms. The summed E-state index contributed by atoms with van der Waals surface area (Å²) < 4.78 is 27.1. The standard InChI is InChI=1S/C17H23F2N3O2/c18-14-3-1-2-11(16(14)19)9-21-6-4-12(5-7-21)22-10-13(23)8-15(22)17(20)24/h1-3,12-13,15,23H,4-10H2,(H2,20,24)/t13-,15+/m1/s1. The molecule has 0 aromatic heterocycles. The molecule has 0 unspecified atom stereocenters. The normalized spacial score (nSPS) is 26.8. The first-order valence-corrected chi connectivity index (χ1v) is 8.34. The fourth-order valence-corrected chi connectivity index (χ4v) is 3.84. The first-order valence-electron chi connectivity index (χ1n) is 8.34. The number of carbonyl (C=O) groups excluding carboxylic acids is 1. The second kappa shape index (κ2) is 7.13. The molecule has 7 heteroatoms. The molecule has 2 heterocycles. The Morgan fingerprint density at radius 2 is 2.00 bits per heavy atom. The summed E-state index contributed by atoms with van der Waals surface area (Å²) in [5.41, 5.74) is 5.80. The lowest BCUT2D eigenvalue weighted by molar-refractivity contribution is -0.123. The van der Waals surface area contributed by atoms with Crippen molar-refractivity contribution in [2.24, 2.45) is 5.73 Å². The van der Waals surface area contributed by atoms with Crippen molar-refractivity contribution < 1.29 is 18.7 Å². The van der Waals surface area contributed by atoms with Gasteiger partial charge in [0, 0.05) is 24.7 Å². The second-order valence-electron chi connectivity index (χ2n) is 6.72. The first kappa shape index (κ1) is 17.3. The Morgan fingerprint density at radius 3 is 2.67 bits per heavy atom. The predicted molar refractivity (Wildman–Crippen MR) is 85.0 cm³/mol. The number of hydrogen-bond donors (Lipinski definition) is 2. The molecule has 2 aliphatic rings. The van der Waals surface area contributed by atoms with Crippen molar-refractivity contribution in [1.29, 1.82) is 0 Å². The van der Waals surface area contributed by atoms with Crippen LogP contribution in [0.25, 0.3) is 0 Å². The van der Waals surface area contributed by atoms with E-state index >= 15 is 0 Å². The molecule has 1 aromatic carbocycles. The first-order chi connectivity index (χ1) is 11.5. The highest BCUT2D eigenvalue weighted by Gasteiger charge is 2.39. The smallest absolute Gasteiger partial charge is 0.234 e. The van der Waals surface area contributed by atoms with Crippen molar-refractivity contribution in [2.75, 3.05) is 19.6 Å². The van der Waals surface area contributed by atoms with Crippen LogP contribution in [0.4, 0.5) is 8.78 Å². The molecule has 0 aliphatic carbocycles. The number of carbonyl (C=O) groups is 1. The minimum absolute atomic E-state index is 0.188. The van der Waals surface area contributed by atoms with E-state index in [-0.39, 0.29) is 6.04 Å². The Kier molecular flexibility index (Phi) is 5.12. The fraction of sp³-hybridized carbons (Fsp3) is 0.588. The van der Waals surface area contributed by atoms with E-state index in [0.717, 1.165) is 32.0 Å². The summed E-state index contributed by atoms with van der Waals surface area (Å²) in [4.78, 5) is 15.6. The number of halogens is 2. The Labute approximate surface area is 140 Å². The lowest BCUT2D eigenvalue weighted by Crippen LogP contribution is -2.50. The number of likely N-dealkylation sites (tertiary alicyclic amines) is 2. The van der Waals surface area contributed by atoms with Crippen LogP contribution >= 0.6 is 0 Å². The highest BCUT2D eigenvalue weighted by Crippen LogP contribution is 2.27. The maximum atomic E-state index is 13.8. The van der Waals surface area contributed by atoms with Crippen molar-refractivity contribution >= 4 is 5.91 Å². The Balaban J connectivity index is 1.58. The second-order valence-corrected chi connectivity index (χ2v) is 6.72. The van der Waals surface area contributed by atoms with Gasteiger partial charge in [0.15, 0.2) is 11.6 Å². The molecule has 2 atom stereocenters. The summed E-state index contributed by atoms with van der Waals surface area (Å²) >= 11 is 0.